The van der Waals surface area contributed by atoms with E-state index in [0.29, 0.717) is 0 Å². The van der Waals surface area contributed by atoms with Gasteiger partial charge in [-0.2, -0.15) is 0 Å². The van der Waals surface area contributed by atoms with Gasteiger partial charge >= 0.3 is 0 Å². The molecule has 0 spiro atoms. The van der Waals surface area contributed by atoms with Gasteiger partial charge in [-0.05, 0) is 65.3 Å². The summed E-state index contributed by atoms with van der Waals surface area (Å²) in [5.74, 6) is 0. The molecule has 1 atom stereocenters. The molecule has 0 aliphatic carbocycles. The Morgan fingerprint density at radius 1 is 1.12 bits per heavy atom. The third kappa shape index (κ3) is 3.94. The lowest BCUT2D eigenvalue weighted by molar-refractivity contribution is 0.191. The highest BCUT2D eigenvalue weighted by Crippen LogP contribution is 2.13. The molecule has 0 aromatic rings. The maximum atomic E-state index is 3.77. The van der Waals surface area contributed by atoms with Crippen LogP contribution >= 0.6 is 0 Å². The summed E-state index contributed by atoms with van der Waals surface area (Å²) in [7, 11) is 0. The van der Waals surface area contributed by atoms with Gasteiger partial charge in [-0.25, -0.2) is 0 Å². The maximum Gasteiger partial charge on any atom is 0.0192 e. The standard InChI is InChI=1S/C14H29N3/c1-3-16-10-6-14(7-11-16)15-12-13(2)17-8-4-5-9-17/h13-15H,3-12H2,1-2H3. The highest BCUT2D eigenvalue weighted by molar-refractivity contribution is 4.80. The largest absolute Gasteiger partial charge is 0.312 e. The highest BCUT2D eigenvalue weighted by Gasteiger charge is 2.21. The van der Waals surface area contributed by atoms with Crippen molar-refractivity contribution >= 4 is 0 Å². The Morgan fingerprint density at radius 2 is 1.76 bits per heavy atom. The SMILES string of the molecule is CCN1CCC(NCC(C)N2CCCC2)CC1. The smallest absolute Gasteiger partial charge is 0.0192 e. The first-order chi connectivity index (χ1) is 8.29. The summed E-state index contributed by atoms with van der Waals surface area (Å²) in [5.41, 5.74) is 0. The molecule has 0 radical (unpaired) electrons. The normalized spacial score (nSPS) is 26.5. The molecule has 3 nitrogen and oxygen atoms in total. The minimum atomic E-state index is 0.724. The first-order valence-electron chi connectivity index (χ1n) is 7.49. The number of hydrogen-bond donors (Lipinski definition) is 1. The second-order valence-corrected chi connectivity index (χ2v) is 5.71. The van der Waals surface area contributed by atoms with Crippen LogP contribution in [0.5, 0.6) is 0 Å². The van der Waals surface area contributed by atoms with Gasteiger partial charge in [0.1, 0.15) is 0 Å². The number of likely N-dealkylation sites (tertiary alicyclic amines) is 2. The van der Waals surface area contributed by atoms with Crippen molar-refractivity contribution < 1.29 is 0 Å². The fourth-order valence-electron chi connectivity index (χ4n) is 3.10. The first kappa shape index (κ1) is 13.3. The molecule has 2 aliphatic rings. The van der Waals surface area contributed by atoms with Crippen LogP contribution in [0.2, 0.25) is 0 Å². The molecule has 0 bridgehead atoms. The highest BCUT2D eigenvalue weighted by atomic mass is 15.2. The van der Waals surface area contributed by atoms with Gasteiger partial charge in [0.05, 0.1) is 0 Å². The predicted molar refractivity (Wildman–Crippen MR) is 73.4 cm³/mol. The van der Waals surface area contributed by atoms with E-state index in [2.05, 4.69) is 29.0 Å². The van der Waals surface area contributed by atoms with Crippen molar-refractivity contribution in [3.05, 3.63) is 0 Å². The Kier molecular flexibility index (Phi) is 5.26. The average molecular weight is 239 g/mol. The van der Waals surface area contributed by atoms with Crippen LogP contribution in [0.25, 0.3) is 0 Å². The molecule has 2 saturated heterocycles. The number of nitrogens with one attached hydrogen (secondary N) is 1. The van der Waals surface area contributed by atoms with Crippen molar-refractivity contribution in [3.8, 4) is 0 Å². The third-order valence-electron chi connectivity index (χ3n) is 4.50. The van der Waals surface area contributed by atoms with E-state index in [1.165, 1.54) is 65.0 Å². The van der Waals surface area contributed by atoms with Gasteiger partial charge in [0, 0.05) is 18.6 Å². The molecule has 100 valence electrons. The van der Waals surface area contributed by atoms with E-state index in [-0.39, 0.29) is 0 Å². The van der Waals surface area contributed by atoms with Crippen molar-refractivity contribution in [1.82, 2.24) is 15.1 Å². The average Bonchev–Trinajstić information content (AvgIpc) is 2.90. The molecule has 0 saturated carbocycles. The van der Waals surface area contributed by atoms with Crippen LogP contribution < -0.4 is 5.32 Å². The molecular weight excluding hydrogens is 210 g/mol. The van der Waals surface area contributed by atoms with Gasteiger partial charge in [0.25, 0.3) is 0 Å². The van der Waals surface area contributed by atoms with Crippen LogP contribution in [0.15, 0.2) is 0 Å². The van der Waals surface area contributed by atoms with Crippen LogP contribution in [-0.4, -0.2) is 61.2 Å². The summed E-state index contributed by atoms with van der Waals surface area (Å²) in [5, 5.41) is 3.77. The van der Waals surface area contributed by atoms with Crippen LogP contribution in [-0.2, 0) is 0 Å². The Hall–Kier alpha value is -0.120. The molecule has 1 N–H and O–H groups in total. The minimum Gasteiger partial charge on any atom is -0.312 e. The fourth-order valence-corrected chi connectivity index (χ4v) is 3.10. The second-order valence-electron chi connectivity index (χ2n) is 5.71. The molecule has 0 aromatic heterocycles. The zero-order valence-electron chi connectivity index (χ0n) is 11.6. The summed E-state index contributed by atoms with van der Waals surface area (Å²) in [4.78, 5) is 5.19. The number of rotatable bonds is 5. The van der Waals surface area contributed by atoms with Gasteiger partial charge in [-0.1, -0.05) is 6.92 Å². The number of nitrogens with zero attached hydrogens (tertiary/aromatic N) is 2. The van der Waals surface area contributed by atoms with E-state index in [9.17, 15) is 0 Å². The maximum absolute atomic E-state index is 3.77. The van der Waals surface area contributed by atoms with Crippen LogP contribution in [0.1, 0.15) is 39.5 Å². The van der Waals surface area contributed by atoms with Gasteiger partial charge in [0.15, 0.2) is 0 Å². The topological polar surface area (TPSA) is 18.5 Å². The lowest BCUT2D eigenvalue weighted by Crippen LogP contribution is -2.46. The van der Waals surface area contributed by atoms with Gasteiger partial charge in [-0.15, -0.1) is 0 Å². The monoisotopic (exact) mass is 239 g/mol. The Balaban J connectivity index is 1.61. The molecule has 2 rings (SSSR count). The predicted octanol–water partition coefficient (Wildman–Crippen LogP) is 1.54. The summed E-state index contributed by atoms with van der Waals surface area (Å²) in [6, 6.07) is 1.49. The van der Waals surface area contributed by atoms with Gasteiger partial charge in [0.2, 0.25) is 0 Å². The van der Waals surface area contributed by atoms with E-state index >= 15 is 0 Å². The van der Waals surface area contributed by atoms with Crippen LogP contribution in [0.3, 0.4) is 0 Å². The van der Waals surface area contributed by atoms with Crippen molar-refractivity contribution in [2.24, 2.45) is 0 Å². The zero-order valence-corrected chi connectivity index (χ0v) is 11.6. The van der Waals surface area contributed by atoms with Crippen molar-refractivity contribution in [3.63, 3.8) is 0 Å². The second kappa shape index (κ2) is 6.72. The Bertz CT molecular complexity index is 206. The molecule has 2 fully saturated rings. The van der Waals surface area contributed by atoms with Crippen molar-refractivity contribution in [2.45, 2.75) is 51.6 Å². The summed E-state index contributed by atoms with van der Waals surface area (Å²) in [6.45, 7) is 12.2. The number of piperidine rings is 1. The van der Waals surface area contributed by atoms with E-state index in [1.54, 1.807) is 0 Å². The van der Waals surface area contributed by atoms with Crippen molar-refractivity contribution in [1.29, 1.82) is 0 Å². The summed E-state index contributed by atoms with van der Waals surface area (Å²) in [6.07, 6.45) is 5.47. The molecule has 0 aromatic carbocycles. The van der Waals surface area contributed by atoms with Gasteiger partial charge < -0.3 is 10.2 Å². The first-order valence-corrected chi connectivity index (χ1v) is 7.49. The summed E-state index contributed by atoms with van der Waals surface area (Å²) < 4.78 is 0. The van der Waals surface area contributed by atoms with Crippen LogP contribution in [0.4, 0.5) is 0 Å². The lowest BCUT2D eigenvalue weighted by atomic mass is 10.0. The Labute approximate surface area is 107 Å². The molecule has 2 heterocycles. The third-order valence-corrected chi connectivity index (χ3v) is 4.50. The fraction of sp³-hybridized carbons (Fsp3) is 1.00. The van der Waals surface area contributed by atoms with Crippen LogP contribution in [0, 0.1) is 0 Å². The molecule has 0 amide bonds. The molecule has 3 heteroatoms. The van der Waals surface area contributed by atoms with Gasteiger partial charge in [-0.3, -0.25) is 4.90 Å². The van der Waals surface area contributed by atoms with E-state index in [1.807, 2.05) is 0 Å². The molecule has 17 heavy (non-hydrogen) atoms. The minimum absolute atomic E-state index is 0.724. The molecule has 2 aliphatic heterocycles. The number of hydrogen-bond acceptors (Lipinski definition) is 3. The quantitative estimate of drug-likeness (QED) is 0.785. The summed E-state index contributed by atoms with van der Waals surface area (Å²) >= 11 is 0. The van der Waals surface area contributed by atoms with E-state index in [0.717, 1.165) is 12.1 Å². The molecule has 1 unspecified atom stereocenters. The zero-order chi connectivity index (χ0) is 12.1. The van der Waals surface area contributed by atoms with E-state index in [4.69, 9.17) is 0 Å². The lowest BCUT2D eigenvalue weighted by Gasteiger charge is -2.33. The van der Waals surface area contributed by atoms with Crippen molar-refractivity contribution in [2.75, 3.05) is 39.3 Å². The molecular formula is C14H29N3. The Morgan fingerprint density at radius 3 is 2.35 bits per heavy atom. The van der Waals surface area contributed by atoms with E-state index < -0.39 is 0 Å².